The maximum atomic E-state index is 12.8. The molecule has 3 atom stereocenters. The SMILES string of the molecule is COCCc1noc(C2C[C@H]3CC[C@@H](C2)N3C(=O)COc2cccc(C)c2)n1. The summed E-state index contributed by atoms with van der Waals surface area (Å²) in [6, 6.07) is 8.24. The zero-order valence-corrected chi connectivity index (χ0v) is 16.5. The van der Waals surface area contributed by atoms with E-state index >= 15 is 0 Å². The summed E-state index contributed by atoms with van der Waals surface area (Å²) in [4.78, 5) is 19.4. The second-order valence-electron chi connectivity index (χ2n) is 7.75. The minimum Gasteiger partial charge on any atom is -0.484 e. The molecule has 2 aromatic rings. The lowest BCUT2D eigenvalue weighted by Gasteiger charge is -2.37. The van der Waals surface area contributed by atoms with Gasteiger partial charge in [0.1, 0.15) is 5.75 Å². The molecule has 0 saturated carbocycles. The number of fused-ring (bicyclic) bond motifs is 2. The molecule has 1 aromatic carbocycles. The van der Waals surface area contributed by atoms with E-state index < -0.39 is 0 Å². The maximum Gasteiger partial charge on any atom is 0.261 e. The van der Waals surface area contributed by atoms with E-state index in [1.807, 2.05) is 36.1 Å². The highest BCUT2D eigenvalue weighted by Gasteiger charge is 2.45. The summed E-state index contributed by atoms with van der Waals surface area (Å²) in [6.45, 7) is 2.68. The number of amides is 1. The lowest BCUT2D eigenvalue weighted by atomic mass is 9.90. The largest absolute Gasteiger partial charge is 0.484 e. The molecule has 7 heteroatoms. The van der Waals surface area contributed by atoms with Crippen LogP contribution in [-0.2, 0) is 16.0 Å². The number of carbonyl (C=O) groups is 1. The van der Waals surface area contributed by atoms with E-state index in [1.54, 1.807) is 7.11 Å². The molecule has 4 rings (SSSR count). The molecule has 0 N–H and O–H groups in total. The maximum absolute atomic E-state index is 12.8. The van der Waals surface area contributed by atoms with Crippen LogP contribution in [0.2, 0.25) is 0 Å². The summed E-state index contributed by atoms with van der Waals surface area (Å²) in [5, 5.41) is 4.06. The Kier molecular flexibility index (Phi) is 5.62. The van der Waals surface area contributed by atoms with E-state index in [0.717, 1.165) is 37.0 Å². The van der Waals surface area contributed by atoms with Gasteiger partial charge in [0.15, 0.2) is 12.4 Å². The number of ether oxygens (including phenoxy) is 2. The Hall–Kier alpha value is -2.41. The molecule has 2 aliphatic rings. The third kappa shape index (κ3) is 4.04. The molecule has 0 aliphatic carbocycles. The molecule has 28 heavy (non-hydrogen) atoms. The normalized spacial score (nSPS) is 23.8. The second-order valence-corrected chi connectivity index (χ2v) is 7.75. The van der Waals surface area contributed by atoms with Gasteiger partial charge in [0.2, 0.25) is 5.89 Å². The summed E-state index contributed by atoms with van der Waals surface area (Å²) in [5.74, 6) is 2.42. The fraction of sp³-hybridized carbons (Fsp3) is 0.571. The minimum atomic E-state index is 0.0683. The summed E-state index contributed by atoms with van der Waals surface area (Å²) in [6.07, 6.45) is 4.46. The Bertz CT molecular complexity index is 807. The van der Waals surface area contributed by atoms with Crippen molar-refractivity contribution in [1.29, 1.82) is 0 Å². The van der Waals surface area contributed by atoms with Gasteiger partial charge in [-0.25, -0.2) is 0 Å². The van der Waals surface area contributed by atoms with Crippen molar-refractivity contribution < 1.29 is 18.8 Å². The highest BCUT2D eigenvalue weighted by molar-refractivity contribution is 5.79. The summed E-state index contributed by atoms with van der Waals surface area (Å²) in [5.41, 5.74) is 1.12. The molecule has 2 fully saturated rings. The number of hydrogen-bond acceptors (Lipinski definition) is 6. The monoisotopic (exact) mass is 385 g/mol. The van der Waals surface area contributed by atoms with Crippen molar-refractivity contribution in [3.05, 3.63) is 41.5 Å². The van der Waals surface area contributed by atoms with Crippen molar-refractivity contribution in [1.82, 2.24) is 15.0 Å². The number of nitrogens with zero attached hydrogens (tertiary/aromatic N) is 3. The predicted molar refractivity (Wildman–Crippen MR) is 102 cm³/mol. The van der Waals surface area contributed by atoms with Gasteiger partial charge in [0.25, 0.3) is 5.91 Å². The van der Waals surface area contributed by atoms with E-state index in [1.165, 1.54) is 0 Å². The predicted octanol–water partition coefficient (Wildman–Crippen LogP) is 2.88. The van der Waals surface area contributed by atoms with Crippen molar-refractivity contribution in [2.75, 3.05) is 20.3 Å². The van der Waals surface area contributed by atoms with Crippen LogP contribution in [0.25, 0.3) is 0 Å². The average molecular weight is 385 g/mol. The molecule has 2 saturated heterocycles. The van der Waals surface area contributed by atoms with Gasteiger partial charge < -0.3 is 18.9 Å². The molecule has 1 unspecified atom stereocenters. The molecular formula is C21H27N3O4. The van der Waals surface area contributed by atoms with Crippen molar-refractivity contribution in [3.8, 4) is 5.75 Å². The number of methoxy groups -OCH3 is 1. The van der Waals surface area contributed by atoms with Crippen LogP contribution in [0.15, 0.2) is 28.8 Å². The van der Waals surface area contributed by atoms with Crippen LogP contribution in [-0.4, -0.2) is 53.4 Å². The second kappa shape index (κ2) is 8.31. The molecule has 0 spiro atoms. The van der Waals surface area contributed by atoms with Crippen molar-refractivity contribution in [2.24, 2.45) is 0 Å². The van der Waals surface area contributed by atoms with Gasteiger partial charge in [0, 0.05) is 31.5 Å². The summed E-state index contributed by atoms with van der Waals surface area (Å²) < 4.78 is 16.3. The molecule has 1 amide bonds. The zero-order chi connectivity index (χ0) is 19.5. The van der Waals surface area contributed by atoms with Gasteiger partial charge in [0.05, 0.1) is 6.61 Å². The van der Waals surface area contributed by atoms with Gasteiger partial charge in [-0.3, -0.25) is 4.79 Å². The highest BCUT2D eigenvalue weighted by atomic mass is 16.5. The first-order valence-electron chi connectivity index (χ1n) is 9.96. The number of carbonyl (C=O) groups excluding carboxylic acids is 1. The average Bonchev–Trinajstić information content (AvgIpc) is 3.27. The number of rotatable bonds is 7. The number of aromatic nitrogens is 2. The van der Waals surface area contributed by atoms with E-state index in [2.05, 4.69) is 10.1 Å². The summed E-state index contributed by atoms with van der Waals surface area (Å²) in [7, 11) is 1.66. The fourth-order valence-electron chi connectivity index (χ4n) is 4.44. The number of hydrogen-bond donors (Lipinski definition) is 0. The third-order valence-electron chi connectivity index (χ3n) is 5.74. The van der Waals surface area contributed by atoms with Crippen LogP contribution in [0.4, 0.5) is 0 Å². The van der Waals surface area contributed by atoms with Gasteiger partial charge >= 0.3 is 0 Å². The standard InChI is InChI=1S/C21H27N3O4/c1-14-4-3-5-18(10-14)27-13-20(25)24-16-6-7-17(24)12-15(11-16)21-22-19(23-28-21)8-9-26-2/h3-5,10,15-17H,6-9,11-13H2,1-2H3/t15?,16-,17+. The Morgan fingerprint density at radius 2 is 2.07 bits per heavy atom. The van der Waals surface area contributed by atoms with Crippen LogP contribution >= 0.6 is 0 Å². The van der Waals surface area contributed by atoms with Crippen LogP contribution in [0.1, 0.15) is 48.9 Å². The van der Waals surface area contributed by atoms with Gasteiger partial charge in [-0.05, 0) is 50.3 Å². The molecule has 2 aliphatic heterocycles. The van der Waals surface area contributed by atoms with Crippen molar-refractivity contribution in [3.63, 3.8) is 0 Å². The Morgan fingerprint density at radius 3 is 2.79 bits per heavy atom. The fourth-order valence-corrected chi connectivity index (χ4v) is 4.44. The topological polar surface area (TPSA) is 77.7 Å². The molecule has 2 bridgehead atoms. The Balaban J connectivity index is 1.35. The lowest BCUT2D eigenvalue weighted by molar-refractivity contribution is -0.138. The third-order valence-corrected chi connectivity index (χ3v) is 5.74. The molecule has 0 radical (unpaired) electrons. The van der Waals surface area contributed by atoms with Crippen LogP contribution in [0.3, 0.4) is 0 Å². The summed E-state index contributed by atoms with van der Waals surface area (Å²) >= 11 is 0. The molecular weight excluding hydrogens is 358 g/mol. The van der Waals surface area contributed by atoms with Crippen LogP contribution in [0.5, 0.6) is 5.75 Å². The first kappa shape index (κ1) is 18.9. The highest BCUT2D eigenvalue weighted by Crippen LogP contribution is 2.42. The quantitative estimate of drug-likeness (QED) is 0.729. The minimum absolute atomic E-state index is 0.0683. The molecule has 3 heterocycles. The van der Waals surface area contributed by atoms with Gasteiger partial charge in [-0.2, -0.15) is 4.98 Å². The zero-order valence-electron chi connectivity index (χ0n) is 16.5. The van der Waals surface area contributed by atoms with E-state index in [9.17, 15) is 4.79 Å². The number of benzene rings is 1. The van der Waals surface area contributed by atoms with Gasteiger partial charge in [-0.1, -0.05) is 17.3 Å². The van der Waals surface area contributed by atoms with Crippen molar-refractivity contribution in [2.45, 2.75) is 57.0 Å². The molecule has 150 valence electrons. The Labute approximate surface area is 165 Å². The van der Waals surface area contributed by atoms with Crippen molar-refractivity contribution >= 4 is 5.91 Å². The first-order chi connectivity index (χ1) is 13.6. The van der Waals surface area contributed by atoms with Crippen LogP contribution in [0, 0.1) is 6.92 Å². The number of aryl methyl sites for hydroxylation is 1. The lowest BCUT2D eigenvalue weighted by Crippen LogP contribution is -2.48. The molecule has 1 aromatic heterocycles. The van der Waals surface area contributed by atoms with E-state index in [-0.39, 0.29) is 30.5 Å². The van der Waals surface area contributed by atoms with E-state index in [4.69, 9.17) is 14.0 Å². The number of piperidine rings is 1. The smallest absolute Gasteiger partial charge is 0.261 e. The molecule has 7 nitrogen and oxygen atoms in total. The van der Waals surface area contributed by atoms with E-state index in [0.29, 0.717) is 24.7 Å². The van der Waals surface area contributed by atoms with Gasteiger partial charge in [-0.15, -0.1) is 0 Å². The Morgan fingerprint density at radius 1 is 1.29 bits per heavy atom. The van der Waals surface area contributed by atoms with Crippen LogP contribution < -0.4 is 4.74 Å². The first-order valence-corrected chi connectivity index (χ1v) is 9.96.